The molecule has 0 N–H and O–H groups in total. The molecule has 5 heteroatoms. The molecule has 0 fully saturated rings. The number of halogens is 2. The molecule has 0 aliphatic rings. The van der Waals surface area contributed by atoms with Crippen molar-refractivity contribution in [2.24, 2.45) is 0 Å². The van der Waals surface area contributed by atoms with Crippen molar-refractivity contribution in [1.82, 2.24) is 0 Å². The van der Waals surface area contributed by atoms with Crippen LogP contribution >= 0.6 is 11.6 Å². The highest BCUT2D eigenvalue weighted by Crippen LogP contribution is 2.25. The second kappa shape index (κ2) is 7.09. The first kappa shape index (κ1) is 15.3. The number of alkyl halides is 1. The van der Waals surface area contributed by atoms with Gasteiger partial charge in [0.1, 0.15) is 17.4 Å². The van der Waals surface area contributed by atoms with E-state index < -0.39 is 5.82 Å². The molecular weight excluding hydrogens is 293 g/mol. The van der Waals surface area contributed by atoms with Crippen LogP contribution in [-0.2, 0) is 11.3 Å². The Kier molecular flexibility index (Phi) is 5.17. The first-order chi connectivity index (χ1) is 10.2. The minimum atomic E-state index is -0.467. The van der Waals surface area contributed by atoms with E-state index in [1.165, 1.54) is 11.0 Å². The highest BCUT2D eigenvalue weighted by Gasteiger charge is 2.19. The zero-order chi connectivity index (χ0) is 15.2. The van der Waals surface area contributed by atoms with Gasteiger partial charge in [0.05, 0.1) is 19.3 Å². The molecule has 0 atom stereocenters. The maximum Gasteiger partial charge on any atom is 0.242 e. The topological polar surface area (TPSA) is 29.5 Å². The molecule has 0 aromatic heterocycles. The monoisotopic (exact) mass is 307 g/mol. The fraction of sp³-hybridized carbons (Fsp3) is 0.188. The summed E-state index contributed by atoms with van der Waals surface area (Å²) in [5.41, 5.74) is 0.982. The van der Waals surface area contributed by atoms with Gasteiger partial charge in [-0.3, -0.25) is 4.79 Å². The number of amides is 1. The van der Waals surface area contributed by atoms with Crippen LogP contribution in [0.5, 0.6) is 5.75 Å². The van der Waals surface area contributed by atoms with Crippen molar-refractivity contribution in [3.05, 3.63) is 59.9 Å². The smallest absolute Gasteiger partial charge is 0.242 e. The Bertz CT molecular complexity index is 633. The summed E-state index contributed by atoms with van der Waals surface area (Å²) in [6.07, 6.45) is 0. The van der Waals surface area contributed by atoms with Crippen LogP contribution in [0.4, 0.5) is 10.1 Å². The van der Waals surface area contributed by atoms with E-state index in [2.05, 4.69) is 0 Å². The van der Waals surface area contributed by atoms with E-state index in [0.717, 1.165) is 5.56 Å². The lowest BCUT2D eigenvalue weighted by Gasteiger charge is -2.23. The first-order valence-electron chi connectivity index (χ1n) is 6.40. The van der Waals surface area contributed by atoms with Crippen LogP contribution in [0.2, 0.25) is 0 Å². The second-order valence-corrected chi connectivity index (χ2v) is 4.64. The Morgan fingerprint density at radius 1 is 1.19 bits per heavy atom. The summed E-state index contributed by atoms with van der Waals surface area (Å²) in [4.78, 5) is 13.4. The first-order valence-corrected chi connectivity index (χ1v) is 6.93. The lowest BCUT2D eigenvalue weighted by Crippen LogP contribution is -2.32. The van der Waals surface area contributed by atoms with Crippen LogP contribution in [0.1, 0.15) is 5.56 Å². The predicted molar refractivity (Wildman–Crippen MR) is 81.3 cm³/mol. The highest BCUT2D eigenvalue weighted by atomic mass is 35.5. The zero-order valence-corrected chi connectivity index (χ0v) is 12.3. The Balaban J connectivity index is 2.38. The maximum atomic E-state index is 14.0. The Morgan fingerprint density at radius 3 is 2.52 bits per heavy atom. The van der Waals surface area contributed by atoms with Crippen LogP contribution in [0.25, 0.3) is 0 Å². The number of hydrogen-bond acceptors (Lipinski definition) is 2. The van der Waals surface area contributed by atoms with Crippen molar-refractivity contribution in [1.29, 1.82) is 0 Å². The largest absolute Gasteiger partial charge is 0.496 e. The quantitative estimate of drug-likeness (QED) is 0.790. The molecule has 0 aliphatic heterocycles. The Morgan fingerprint density at radius 2 is 1.86 bits per heavy atom. The van der Waals surface area contributed by atoms with Crippen molar-refractivity contribution in [3.8, 4) is 5.75 Å². The third-order valence-electron chi connectivity index (χ3n) is 3.08. The van der Waals surface area contributed by atoms with E-state index in [0.29, 0.717) is 5.75 Å². The van der Waals surface area contributed by atoms with Crippen LogP contribution in [0.15, 0.2) is 48.5 Å². The van der Waals surface area contributed by atoms with Gasteiger partial charge in [-0.15, -0.1) is 11.6 Å². The number of anilines is 1. The number of benzene rings is 2. The average Bonchev–Trinajstić information content (AvgIpc) is 2.53. The van der Waals surface area contributed by atoms with E-state index in [-0.39, 0.29) is 24.0 Å². The van der Waals surface area contributed by atoms with E-state index in [1.807, 2.05) is 18.2 Å². The molecule has 0 radical (unpaired) electrons. The van der Waals surface area contributed by atoms with E-state index in [1.54, 1.807) is 31.4 Å². The number of carbonyl (C=O) groups is 1. The van der Waals surface area contributed by atoms with Gasteiger partial charge in [0.25, 0.3) is 0 Å². The van der Waals surface area contributed by atoms with Gasteiger partial charge in [0, 0.05) is 5.56 Å². The van der Waals surface area contributed by atoms with Gasteiger partial charge in [0.2, 0.25) is 5.91 Å². The van der Waals surface area contributed by atoms with Crippen molar-refractivity contribution < 1.29 is 13.9 Å². The minimum absolute atomic E-state index is 0.191. The van der Waals surface area contributed by atoms with Gasteiger partial charge in [-0.2, -0.15) is 0 Å². The highest BCUT2D eigenvalue weighted by molar-refractivity contribution is 6.29. The fourth-order valence-corrected chi connectivity index (χ4v) is 2.20. The Hall–Kier alpha value is -2.07. The summed E-state index contributed by atoms with van der Waals surface area (Å²) in [6.45, 7) is 0.191. The zero-order valence-electron chi connectivity index (χ0n) is 11.6. The molecule has 0 heterocycles. The number of rotatable bonds is 5. The summed E-state index contributed by atoms with van der Waals surface area (Å²) in [5, 5.41) is 0. The van der Waals surface area contributed by atoms with Crippen LogP contribution in [0.3, 0.4) is 0 Å². The molecule has 1 amide bonds. The van der Waals surface area contributed by atoms with Gasteiger partial charge in [-0.05, 0) is 18.2 Å². The number of nitrogens with zero attached hydrogens (tertiary/aromatic N) is 1. The number of hydrogen-bond donors (Lipinski definition) is 0. The molecule has 0 spiro atoms. The average molecular weight is 308 g/mol. The number of methoxy groups -OCH3 is 1. The molecule has 110 valence electrons. The molecule has 0 unspecified atom stereocenters. The number of para-hydroxylation sites is 2. The lowest BCUT2D eigenvalue weighted by atomic mass is 10.1. The summed E-state index contributed by atoms with van der Waals surface area (Å²) >= 11 is 5.64. The molecule has 2 aromatic carbocycles. The molecule has 0 saturated carbocycles. The standard InChI is InChI=1S/C16H15ClFNO2/c1-21-15-9-5-2-6-12(15)11-19(16(20)10-17)14-8-4-3-7-13(14)18/h2-9H,10-11H2,1H3. The van der Waals surface area contributed by atoms with Crippen molar-refractivity contribution >= 4 is 23.2 Å². The number of ether oxygens (including phenoxy) is 1. The molecule has 2 rings (SSSR count). The fourth-order valence-electron chi connectivity index (χ4n) is 2.05. The molecular formula is C16H15ClFNO2. The van der Waals surface area contributed by atoms with Crippen molar-refractivity contribution in [2.45, 2.75) is 6.54 Å². The Labute approximate surface area is 127 Å². The number of carbonyl (C=O) groups excluding carboxylic acids is 1. The summed E-state index contributed by atoms with van der Waals surface area (Å²) < 4.78 is 19.2. The summed E-state index contributed by atoms with van der Waals surface area (Å²) in [7, 11) is 1.55. The van der Waals surface area contributed by atoms with Gasteiger partial charge in [-0.25, -0.2) is 4.39 Å². The third kappa shape index (κ3) is 3.52. The SMILES string of the molecule is COc1ccccc1CN(C(=O)CCl)c1ccccc1F. The maximum absolute atomic E-state index is 14.0. The molecule has 2 aromatic rings. The summed E-state index contributed by atoms with van der Waals surface area (Å²) in [5.74, 6) is -0.413. The second-order valence-electron chi connectivity index (χ2n) is 4.38. The molecule has 0 aliphatic carbocycles. The van der Waals surface area contributed by atoms with E-state index in [4.69, 9.17) is 16.3 Å². The van der Waals surface area contributed by atoms with Crippen molar-refractivity contribution in [2.75, 3.05) is 17.9 Å². The lowest BCUT2D eigenvalue weighted by molar-refractivity contribution is -0.116. The van der Waals surface area contributed by atoms with Gasteiger partial charge >= 0.3 is 0 Å². The van der Waals surface area contributed by atoms with E-state index >= 15 is 0 Å². The molecule has 21 heavy (non-hydrogen) atoms. The predicted octanol–water partition coefficient (Wildman–Crippen LogP) is 3.61. The van der Waals surface area contributed by atoms with Crippen molar-refractivity contribution in [3.63, 3.8) is 0 Å². The van der Waals surface area contributed by atoms with Crippen LogP contribution in [0, 0.1) is 5.82 Å². The molecule has 0 bridgehead atoms. The minimum Gasteiger partial charge on any atom is -0.496 e. The molecule has 0 saturated heterocycles. The van der Waals surface area contributed by atoms with E-state index in [9.17, 15) is 9.18 Å². The third-order valence-corrected chi connectivity index (χ3v) is 3.31. The normalized spacial score (nSPS) is 10.2. The summed E-state index contributed by atoms with van der Waals surface area (Å²) in [6, 6.07) is 13.4. The van der Waals surface area contributed by atoms with Crippen LogP contribution in [-0.4, -0.2) is 18.9 Å². The van der Waals surface area contributed by atoms with Gasteiger partial charge in [-0.1, -0.05) is 30.3 Å². The van der Waals surface area contributed by atoms with Gasteiger partial charge < -0.3 is 9.64 Å². The van der Waals surface area contributed by atoms with Gasteiger partial charge in [0.15, 0.2) is 0 Å². The molecule has 3 nitrogen and oxygen atoms in total. The van der Waals surface area contributed by atoms with Crippen LogP contribution < -0.4 is 9.64 Å².